The topological polar surface area (TPSA) is 77.8 Å². The van der Waals surface area contributed by atoms with Crippen molar-refractivity contribution in [3.63, 3.8) is 0 Å². The standard InChI is InChI=1S/C16H35O4P.K.H/c1-2-3-4-5-6-7-8-9-10-11-12-13-14-15-16(17)21(18,19)20;;/h16-17H,2-15H2,1H3,(H2,18,19,20);;. The zero-order chi connectivity index (χ0) is 16.0. The molecule has 0 aromatic heterocycles. The minimum atomic E-state index is -4.29. The van der Waals surface area contributed by atoms with Crippen molar-refractivity contribution in [1.29, 1.82) is 0 Å². The zero-order valence-corrected chi connectivity index (χ0v) is 14.6. The first kappa shape index (κ1) is 26.0. The molecule has 22 heavy (non-hydrogen) atoms. The second-order valence-corrected chi connectivity index (χ2v) is 7.88. The summed E-state index contributed by atoms with van der Waals surface area (Å²) in [6.07, 6.45) is 16.2. The molecule has 3 N–H and O–H groups in total. The van der Waals surface area contributed by atoms with E-state index < -0.39 is 13.4 Å². The fourth-order valence-electron chi connectivity index (χ4n) is 2.51. The Morgan fingerprint density at radius 3 is 1.36 bits per heavy atom. The molecule has 0 saturated heterocycles. The quantitative estimate of drug-likeness (QED) is 0.230. The maximum atomic E-state index is 10.7. The first-order valence-corrected chi connectivity index (χ1v) is 10.4. The van der Waals surface area contributed by atoms with Gasteiger partial charge in [-0.2, -0.15) is 0 Å². The fraction of sp³-hybridized carbons (Fsp3) is 1.00. The van der Waals surface area contributed by atoms with Crippen molar-refractivity contribution in [2.75, 3.05) is 0 Å². The van der Waals surface area contributed by atoms with Crippen LogP contribution in [0.2, 0.25) is 0 Å². The van der Waals surface area contributed by atoms with Crippen LogP contribution in [-0.4, -0.2) is 72.1 Å². The number of hydrogen-bond acceptors (Lipinski definition) is 2. The summed E-state index contributed by atoms with van der Waals surface area (Å²) in [4.78, 5) is 17.5. The van der Waals surface area contributed by atoms with Gasteiger partial charge in [0.1, 0.15) is 0 Å². The predicted molar refractivity (Wildman–Crippen MR) is 95.5 cm³/mol. The third-order valence-corrected chi connectivity index (χ3v) is 4.99. The summed E-state index contributed by atoms with van der Waals surface area (Å²) in [5, 5.41) is 9.20. The zero-order valence-electron chi connectivity index (χ0n) is 13.7. The van der Waals surface area contributed by atoms with E-state index in [1.807, 2.05) is 0 Å². The van der Waals surface area contributed by atoms with E-state index >= 15 is 0 Å². The Morgan fingerprint density at radius 1 is 0.727 bits per heavy atom. The predicted octanol–water partition coefficient (Wildman–Crippen LogP) is 4.32. The van der Waals surface area contributed by atoms with Crippen molar-refractivity contribution in [2.24, 2.45) is 0 Å². The van der Waals surface area contributed by atoms with Gasteiger partial charge in [-0.25, -0.2) is 0 Å². The first-order chi connectivity index (χ1) is 9.98. The van der Waals surface area contributed by atoms with Crippen LogP contribution >= 0.6 is 7.60 Å². The monoisotopic (exact) mass is 362 g/mol. The Morgan fingerprint density at radius 2 is 1.05 bits per heavy atom. The normalized spacial score (nSPS) is 12.9. The third-order valence-electron chi connectivity index (χ3n) is 3.95. The molecule has 0 aliphatic rings. The van der Waals surface area contributed by atoms with Gasteiger partial charge < -0.3 is 14.9 Å². The molecule has 0 heterocycles. The number of unbranched alkanes of at least 4 members (excludes halogenated alkanes) is 12. The van der Waals surface area contributed by atoms with Gasteiger partial charge in [0.15, 0.2) is 5.85 Å². The van der Waals surface area contributed by atoms with E-state index in [-0.39, 0.29) is 57.8 Å². The van der Waals surface area contributed by atoms with Crippen LogP contribution in [0, 0.1) is 0 Å². The molecule has 0 rings (SSSR count). The molecule has 0 bridgehead atoms. The molecule has 0 fully saturated rings. The van der Waals surface area contributed by atoms with E-state index in [9.17, 15) is 9.67 Å². The number of rotatable bonds is 15. The van der Waals surface area contributed by atoms with E-state index in [2.05, 4.69) is 6.92 Å². The average molecular weight is 363 g/mol. The summed E-state index contributed by atoms with van der Waals surface area (Å²) in [5.41, 5.74) is 0. The minimum absolute atomic E-state index is 0. The van der Waals surface area contributed by atoms with Crippen LogP contribution in [0.1, 0.15) is 96.8 Å². The van der Waals surface area contributed by atoms with E-state index in [0.717, 1.165) is 12.8 Å². The second kappa shape index (κ2) is 17.6. The SMILES string of the molecule is CCCCCCCCCCCCCCCC(O)P(=O)(O)O.[KH]. The van der Waals surface area contributed by atoms with Crippen molar-refractivity contribution >= 4 is 59.0 Å². The van der Waals surface area contributed by atoms with Gasteiger partial charge in [0, 0.05) is 0 Å². The van der Waals surface area contributed by atoms with Crippen LogP contribution in [0.25, 0.3) is 0 Å². The van der Waals surface area contributed by atoms with Gasteiger partial charge in [-0.3, -0.25) is 4.57 Å². The van der Waals surface area contributed by atoms with Gasteiger partial charge in [0.25, 0.3) is 0 Å². The van der Waals surface area contributed by atoms with Crippen molar-refractivity contribution in [3.05, 3.63) is 0 Å². The summed E-state index contributed by atoms with van der Waals surface area (Å²) in [6.45, 7) is 2.24. The van der Waals surface area contributed by atoms with Crippen molar-refractivity contribution in [2.45, 2.75) is 103 Å². The molecule has 130 valence electrons. The fourth-order valence-corrected chi connectivity index (χ4v) is 3.03. The summed E-state index contributed by atoms with van der Waals surface area (Å²) < 4.78 is 10.7. The summed E-state index contributed by atoms with van der Waals surface area (Å²) in [6, 6.07) is 0. The average Bonchev–Trinajstić information content (AvgIpc) is 2.42. The molecule has 6 heteroatoms. The van der Waals surface area contributed by atoms with Gasteiger partial charge in [-0.05, 0) is 6.42 Å². The molecule has 0 aliphatic carbocycles. The van der Waals surface area contributed by atoms with Crippen molar-refractivity contribution in [3.8, 4) is 0 Å². The number of aliphatic hydroxyl groups excluding tert-OH is 1. The molecule has 0 saturated carbocycles. The second-order valence-electron chi connectivity index (χ2n) is 6.10. The van der Waals surface area contributed by atoms with Gasteiger partial charge in [-0.15, -0.1) is 0 Å². The van der Waals surface area contributed by atoms with E-state index in [1.54, 1.807) is 0 Å². The Labute approximate surface area is 179 Å². The van der Waals surface area contributed by atoms with E-state index in [4.69, 9.17) is 9.79 Å². The van der Waals surface area contributed by atoms with Crippen LogP contribution in [0.5, 0.6) is 0 Å². The number of hydrogen-bond donors (Lipinski definition) is 3. The molecule has 4 nitrogen and oxygen atoms in total. The molecule has 0 amide bonds. The van der Waals surface area contributed by atoms with E-state index in [1.165, 1.54) is 64.2 Å². The summed E-state index contributed by atoms with van der Waals surface area (Å²) in [7, 11) is -4.29. The van der Waals surface area contributed by atoms with Crippen LogP contribution in [0.3, 0.4) is 0 Å². The van der Waals surface area contributed by atoms with Crippen LogP contribution in [-0.2, 0) is 4.57 Å². The van der Waals surface area contributed by atoms with Crippen LogP contribution < -0.4 is 0 Å². The van der Waals surface area contributed by atoms with Gasteiger partial charge >= 0.3 is 59.0 Å². The summed E-state index contributed by atoms with van der Waals surface area (Å²) in [5.74, 6) is -1.47. The Balaban J connectivity index is 0. The Bertz CT molecular complexity index is 271. The van der Waals surface area contributed by atoms with E-state index in [0.29, 0.717) is 6.42 Å². The van der Waals surface area contributed by atoms with Crippen molar-refractivity contribution < 1.29 is 19.5 Å². The van der Waals surface area contributed by atoms with Gasteiger partial charge in [0.05, 0.1) is 0 Å². The van der Waals surface area contributed by atoms with Crippen LogP contribution in [0.4, 0.5) is 0 Å². The molecule has 1 unspecified atom stereocenters. The molecule has 0 aliphatic heterocycles. The Kier molecular flexibility index (Phi) is 20.7. The third kappa shape index (κ3) is 18.1. The summed E-state index contributed by atoms with van der Waals surface area (Å²) >= 11 is 0. The van der Waals surface area contributed by atoms with Crippen LogP contribution in [0.15, 0.2) is 0 Å². The number of aliphatic hydroxyl groups is 1. The molecule has 0 aromatic carbocycles. The maximum absolute atomic E-state index is 10.7. The molecule has 0 spiro atoms. The molecule has 0 aromatic rings. The van der Waals surface area contributed by atoms with Gasteiger partial charge in [0.2, 0.25) is 0 Å². The molecule has 1 atom stereocenters. The first-order valence-electron chi connectivity index (χ1n) is 8.71. The van der Waals surface area contributed by atoms with Gasteiger partial charge in [-0.1, -0.05) is 90.4 Å². The van der Waals surface area contributed by atoms with Crippen molar-refractivity contribution in [1.82, 2.24) is 0 Å². The Hall–Kier alpha value is 1.75. The molecule has 0 radical (unpaired) electrons. The molecular weight excluding hydrogens is 326 g/mol. The molecular formula is C16H36KO4P.